The average molecular weight is 500 g/mol. The van der Waals surface area contributed by atoms with Crippen LogP contribution in [0.15, 0.2) is 94.9 Å². The molecule has 8 nitrogen and oxygen atoms in total. The second kappa shape index (κ2) is 10.7. The number of hydrogen-bond donors (Lipinski definition) is 1. The van der Waals surface area contributed by atoms with Gasteiger partial charge in [0.15, 0.2) is 5.16 Å². The number of piperazine rings is 1. The van der Waals surface area contributed by atoms with Crippen LogP contribution in [0.25, 0.3) is 16.6 Å². The Bertz CT molecular complexity index is 1430. The van der Waals surface area contributed by atoms with Gasteiger partial charge in [0.05, 0.1) is 22.3 Å². The molecule has 5 rings (SSSR count). The number of aromatic nitrogens is 2. The lowest BCUT2D eigenvalue weighted by Gasteiger charge is -2.34. The maximum atomic E-state index is 13.3. The molecule has 0 spiro atoms. The average Bonchev–Trinajstić information content (AvgIpc) is 2.93. The molecule has 0 bridgehead atoms. The number of carbonyl (C=O) groups excluding carboxylic acids is 2. The summed E-state index contributed by atoms with van der Waals surface area (Å²) >= 11 is 1.25. The van der Waals surface area contributed by atoms with Crippen molar-refractivity contribution >= 4 is 40.3 Å². The first-order chi connectivity index (χ1) is 17.6. The summed E-state index contributed by atoms with van der Waals surface area (Å²) in [5.41, 5.74) is 1.88. The van der Waals surface area contributed by atoms with Crippen LogP contribution in [-0.2, 0) is 4.79 Å². The van der Waals surface area contributed by atoms with Crippen molar-refractivity contribution in [3.05, 3.63) is 95.3 Å². The van der Waals surface area contributed by atoms with Gasteiger partial charge in [-0.1, -0.05) is 60.3 Å². The summed E-state index contributed by atoms with van der Waals surface area (Å²) in [6.07, 6.45) is 0. The Balaban J connectivity index is 1.26. The Morgan fingerprint density at radius 2 is 1.42 bits per heavy atom. The second-order valence-corrected chi connectivity index (χ2v) is 9.28. The molecule has 1 fully saturated rings. The Labute approximate surface area is 212 Å². The van der Waals surface area contributed by atoms with E-state index in [2.05, 4.69) is 5.32 Å². The lowest BCUT2D eigenvalue weighted by atomic mass is 10.2. The first-order valence-corrected chi connectivity index (χ1v) is 12.7. The van der Waals surface area contributed by atoms with Crippen molar-refractivity contribution in [3.8, 4) is 5.69 Å². The molecule has 36 heavy (non-hydrogen) atoms. The third-order valence-corrected chi connectivity index (χ3v) is 6.95. The molecule has 3 amide bonds. The molecule has 4 aromatic rings. The molecule has 0 saturated carbocycles. The highest BCUT2D eigenvalue weighted by Crippen LogP contribution is 2.22. The van der Waals surface area contributed by atoms with Gasteiger partial charge in [0.25, 0.3) is 5.56 Å². The van der Waals surface area contributed by atoms with Gasteiger partial charge >= 0.3 is 6.03 Å². The number of amides is 3. The van der Waals surface area contributed by atoms with Crippen molar-refractivity contribution in [2.75, 3.05) is 37.2 Å². The third-order valence-electron chi connectivity index (χ3n) is 6.03. The summed E-state index contributed by atoms with van der Waals surface area (Å²) in [5, 5.41) is 3.88. The predicted molar refractivity (Wildman–Crippen MR) is 142 cm³/mol. The number of para-hydroxylation sites is 3. The summed E-state index contributed by atoms with van der Waals surface area (Å²) in [7, 11) is 0. The zero-order valence-corrected chi connectivity index (χ0v) is 20.4. The van der Waals surface area contributed by atoms with Crippen molar-refractivity contribution < 1.29 is 9.59 Å². The second-order valence-electron chi connectivity index (χ2n) is 8.34. The number of anilines is 1. The number of thioether (sulfide) groups is 1. The molecule has 1 aliphatic rings. The predicted octanol–water partition coefficient (Wildman–Crippen LogP) is 3.85. The lowest BCUT2D eigenvalue weighted by molar-refractivity contribution is -0.129. The van der Waals surface area contributed by atoms with Gasteiger partial charge in [-0.3, -0.25) is 14.2 Å². The monoisotopic (exact) mass is 499 g/mol. The van der Waals surface area contributed by atoms with Gasteiger partial charge in [-0.05, 0) is 36.4 Å². The molecule has 1 N–H and O–H groups in total. The number of nitrogens with one attached hydrogen (secondary N) is 1. The summed E-state index contributed by atoms with van der Waals surface area (Å²) < 4.78 is 1.56. The molecule has 3 aromatic carbocycles. The number of benzene rings is 3. The maximum Gasteiger partial charge on any atom is 0.321 e. The van der Waals surface area contributed by atoms with Crippen molar-refractivity contribution in [2.24, 2.45) is 0 Å². The zero-order chi connectivity index (χ0) is 24.9. The van der Waals surface area contributed by atoms with Gasteiger partial charge in [0.1, 0.15) is 0 Å². The first kappa shape index (κ1) is 23.6. The van der Waals surface area contributed by atoms with Crippen molar-refractivity contribution in [2.45, 2.75) is 5.16 Å². The van der Waals surface area contributed by atoms with Crippen LogP contribution >= 0.6 is 11.8 Å². The van der Waals surface area contributed by atoms with E-state index in [1.54, 1.807) is 26.5 Å². The Morgan fingerprint density at radius 3 is 2.14 bits per heavy atom. The fourth-order valence-corrected chi connectivity index (χ4v) is 5.03. The zero-order valence-electron chi connectivity index (χ0n) is 19.5. The minimum Gasteiger partial charge on any atom is -0.338 e. The molecule has 182 valence electrons. The number of hydrogen-bond acceptors (Lipinski definition) is 5. The van der Waals surface area contributed by atoms with Crippen LogP contribution in [0.1, 0.15) is 0 Å². The third kappa shape index (κ3) is 5.11. The maximum absolute atomic E-state index is 13.3. The van der Waals surface area contributed by atoms with Gasteiger partial charge in [-0.2, -0.15) is 0 Å². The minimum atomic E-state index is -0.171. The quantitative estimate of drug-likeness (QED) is 0.333. The molecule has 1 aromatic heterocycles. The Kier molecular flexibility index (Phi) is 6.99. The normalized spacial score (nSPS) is 13.6. The van der Waals surface area contributed by atoms with Crippen molar-refractivity contribution in [3.63, 3.8) is 0 Å². The van der Waals surface area contributed by atoms with Crippen LogP contribution in [0.4, 0.5) is 10.5 Å². The highest BCUT2D eigenvalue weighted by atomic mass is 32.2. The molecule has 1 saturated heterocycles. The molecule has 0 aliphatic carbocycles. The van der Waals surface area contributed by atoms with Crippen molar-refractivity contribution in [1.82, 2.24) is 19.4 Å². The molecule has 0 unspecified atom stereocenters. The molecular weight excluding hydrogens is 474 g/mol. The molecular formula is C27H25N5O3S. The van der Waals surface area contributed by atoms with E-state index in [4.69, 9.17) is 4.98 Å². The largest absolute Gasteiger partial charge is 0.338 e. The van der Waals surface area contributed by atoms with E-state index in [1.807, 2.05) is 72.8 Å². The van der Waals surface area contributed by atoms with Crippen LogP contribution in [0.5, 0.6) is 0 Å². The highest BCUT2D eigenvalue weighted by Gasteiger charge is 2.25. The van der Waals surface area contributed by atoms with Gasteiger partial charge in [0.2, 0.25) is 5.91 Å². The van der Waals surface area contributed by atoms with E-state index in [0.717, 1.165) is 5.69 Å². The van der Waals surface area contributed by atoms with Crippen LogP contribution in [0.2, 0.25) is 0 Å². The summed E-state index contributed by atoms with van der Waals surface area (Å²) in [5.74, 6) is 0.0959. The lowest BCUT2D eigenvalue weighted by Crippen LogP contribution is -2.52. The summed E-state index contributed by atoms with van der Waals surface area (Å²) in [6, 6.07) is 25.7. The molecule has 0 radical (unpaired) electrons. The SMILES string of the molecule is O=C(CSc1nc2ccccc2c(=O)n1-c1ccccc1)N1CCN(C(=O)Nc2ccccc2)CC1. The number of nitrogens with zero attached hydrogens (tertiary/aromatic N) is 4. The van der Waals surface area contributed by atoms with E-state index in [-0.39, 0.29) is 23.3 Å². The smallest absolute Gasteiger partial charge is 0.321 e. The topological polar surface area (TPSA) is 87.5 Å². The highest BCUT2D eigenvalue weighted by molar-refractivity contribution is 7.99. The number of urea groups is 1. The Morgan fingerprint density at radius 1 is 0.806 bits per heavy atom. The molecule has 1 aliphatic heterocycles. The van der Waals surface area contributed by atoms with E-state index >= 15 is 0 Å². The van der Waals surface area contributed by atoms with Gasteiger partial charge in [0, 0.05) is 31.9 Å². The van der Waals surface area contributed by atoms with Gasteiger partial charge < -0.3 is 15.1 Å². The minimum absolute atomic E-state index is 0.0508. The van der Waals surface area contributed by atoms with E-state index in [9.17, 15) is 14.4 Å². The van der Waals surface area contributed by atoms with Crippen LogP contribution < -0.4 is 10.9 Å². The van der Waals surface area contributed by atoms with E-state index in [1.165, 1.54) is 11.8 Å². The summed E-state index contributed by atoms with van der Waals surface area (Å²) in [6.45, 7) is 1.83. The van der Waals surface area contributed by atoms with E-state index in [0.29, 0.717) is 47.9 Å². The standard InChI is InChI=1S/C27H25N5O3S/c33-24(30-15-17-31(18-16-30)26(35)28-20-9-3-1-4-10-20)19-36-27-29-23-14-8-7-13-22(23)25(34)32(27)21-11-5-2-6-12-21/h1-14H,15-19H2,(H,28,35). The van der Waals surface area contributed by atoms with Crippen LogP contribution in [0.3, 0.4) is 0 Å². The number of rotatable bonds is 5. The Hall–Kier alpha value is -4.11. The van der Waals surface area contributed by atoms with E-state index < -0.39 is 0 Å². The summed E-state index contributed by atoms with van der Waals surface area (Å²) in [4.78, 5) is 47.0. The number of fused-ring (bicyclic) bond motifs is 1. The fraction of sp³-hybridized carbons (Fsp3) is 0.185. The fourth-order valence-electron chi connectivity index (χ4n) is 4.11. The van der Waals surface area contributed by atoms with Gasteiger partial charge in [-0.25, -0.2) is 9.78 Å². The molecule has 9 heteroatoms. The first-order valence-electron chi connectivity index (χ1n) is 11.7. The van der Waals surface area contributed by atoms with Crippen LogP contribution in [0, 0.1) is 0 Å². The molecule has 2 heterocycles. The number of carbonyl (C=O) groups is 2. The van der Waals surface area contributed by atoms with Crippen molar-refractivity contribution in [1.29, 1.82) is 0 Å². The van der Waals surface area contributed by atoms with Gasteiger partial charge in [-0.15, -0.1) is 0 Å². The molecule has 0 atom stereocenters. The van der Waals surface area contributed by atoms with Crippen LogP contribution in [-0.4, -0.2) is 63.2 Å².